The largest absolute Gasteiger partial charge is 0.356 e. The lowest BCUT2D eigenvalue weighted by atomic mass is 10.3. The summed E-state index contributed by atoms with van der Waals surface area (Å²) in [5, 5.41) is 3.13. The fourth-order valence-corrected chi connectivity index (χ4v) is 1.53. The number of unbranched alkanes of at least 4 members (excludes halogenated alkanes) is 1. The maximum absolute atomic E-state index is 12.0. The van der Waals surface area contributed by atoms with Gasteiger partial charge in [0.25, 0.3) is 5.56 Å². The molecule has 6 heteroatoms. The molecule has 90 valence electrons. The van der Waals surface area contributed by atoms with Crippen LogP contribution >= 0.6 is 0 Å². The summed E-state index contributed by atoms with van der Waals surface area (Å²) in [5.74, 6) is 0.538. The molecule has 2 aromatic heterocycles. The number of aromatic nitrogens is 4. The Kier molecular flexibility index (Phi) is 3.32. The Hall–Kier alpha value is -1.98. The highest BCUT2D eigenvalue weighted by Gasteiger charge is 2.08. The topological polar surface area (TPSA) is 72.7 Å². The number of hydrogen-bond acceptors (Lipinski definition) is 5. The summed E-state index contributed by atoms with van der Waals surface area (Å²) >= 11 is 0. The van der Waals surface area contributed by atoms with Gasteiger partial charge in [0.15, 0.2) is 11.2 Å². The van der Waals surface area contributed by atoms with E-state index in [4.69, 9.17) is 0 Å². The molecule has 0 spiro atoms. The molecular formula is C11H15N5O. The van der Waals surface area contributed by atoms with Crippen molar-refractivity contribution in [1.82, 2.24) is 19.5 Å². The molecule has 0 aromatic carbocycles. The first-order chi connectivity index (χ1) is 8.24. The van der Waals surface area contributed by atoms with Gasteiger partial charge in [-0.3, -0.25) is 9.36 Å². The molecule has 0 unspecified atom stereocenters. The van der Waals surface area contributed by atoms with Crippen LogP contribution in [0.25, 0.3) is 11.2 Å². The average Bonchev–Trinajstić information content (AvgIpc) is 2.35. The zero-order valence-electron chi connectivity index (χ0n) is 9.97. The van der Waals surface area contributed by atoms with Crippen LogP contribution in [0.1, 0.15) is 19.8 Å². The molecule has 0 radical (unpaired) electrons. The van der Waals surface area contributed by atoms with Gasteiger partial charge in [-0.15, -0.1) is 0 Å². The maximum atomic E-state index is 12.0. The van der Waals surface area contributed by atoms with E-state index in [2.05, 4.69) is 27.2 Å². The first-order valence-electron chi connectivity index (χ1n) is 5.65. The lowest BCUT2D eigenvalue weighted by Gasteiger charge is -2.09. The Morgan fingerprint density at radius 1 is 1.35 bits per heavy atom. The highest BCUT2D eigenvalue weighted by molar-refractivity contribution is 5.69. The van der Waals surface area contributed by atoms with Crippen LogP contribution in [-0.4, -0.2) is 26.1 Å². The van der Waals surface area contributed by atoms with E-state index in [0.717, 1.165) is 19.4 Å². The second-order valence-electron chi connectivity index (χ2n) is 3.81. The van der Waals surface area contributed by atoms with E-state index in [1.165, 1.54) is 17.0 Å². The second kappa shape index (κ2) is 4.90. The Labute approximate surface area is 98.7 Å². The molecule has 17 heavy (non-hydrogen) atoms. The summed E-state index contributed by atoms with van der Waals surface area (Å²) in [6.07, 6.45) is 5.16. The zero-order valence-corrected chi connectivity index (χ0v) is 9.97. The third-order valence-corrected chi connectivity index (χ3v) is 2.53. The van der Waals surface area contributed by atoms with Crippen molar-refractivity contribution in [3.8, 4) is 0 Å². The van der Waals surface area contributed by atoms with Gasteiger partial charge in [0, 0.05) is 26.0 Å². The first kappa shape index (κ1) is 11.5. The average molecular weight is 233 g/mol. The fraction of sp³-hybridized carbons (Fsp3) is 0.455. The summed E-state index contributed by atoms with van der Waals surface area (Å²) in [4.78, 5) is 24.3. The van der Waals surface area contributed by atoms with Crippen molar-refractivity contribution in [2.45, 2.75) is 19.8 Å². The van der Waals surface area contributed by atoms with E-state index < -0.39 is 0 Å². The molecule has 0 bridgehead atoms. The zero-order chi connectivity index (χ0) is 12.3. The normalized spacial score (nSPS) is 10.7. The Bertz CT molecular complexity index is 578. The van der Waals surface area contributed by atoms with Crippen molar-refractivity contribution >= 4 is 17.1 Å². The van der Waals surface area contributed by atoms with E-state index in [-0.39, 0.29) is 5.56 Å². The SMILES string of the molecule is CCCCNc1nc2nccnc2c(=O)n1C. The minimum Gasteiger partial charge on any atom is -0.356 e. The molecule has 0 amide bonds. The van der Waals surface area contributed by atoms with Gasteiger partial charge < -0.3 is 5.32 Å². The van der Waals surface area contributed by atoms with Crippen molar-refractivity contribution < 1.29 is 0 Å². The van der Waals surface area contributed by atoms with Gasteiger partial charge in [0.2, 0.25) is 5.95 Å². The summed E-state index contributed by atoms with van der Waals surface area (Å²) in [5.41, 5.74) is 0.507. The van der Waals surface area contributed by atoms with Crippen molar-refractivity contribution in [3.63, 3.8) is 0 Å². The molecule has 0 aliphatic heterocycles. The minimum absolute atomic E-state index is 0.179. The van der Waals surface area contributed by atoms with Crippen LogP contribution in [0.2, 0.25) is 0 Å². The smallest absolute Gasteiger partial charge is 0.282 e. The van der Waals surface area contributed by atoms with Crippen molar-refractivity contribution in [3.05, 3.63) is 22.7 Å². The predicted molar refractivity (Wildman–Crippen MR) is 66.0 cm³/mol. The van der Waals surface area contributed by atoms with Crippen LogP contribution in [0.4, 0.5) is 5.95 Å². The Balaban J connectivity index is 2.43. The lowest BCUT2D eigenvalue weighted by molar-refractivity contribution is 0.790. The third kappa shape index (κ3) is 2.25. The number of nitrogens with one attached hydrogen (secondary N) is 1. The number of hydrogen-bond donors (Lipinski definition) is 1. The quantitative estimate of drug-likeness (QED) is 0.795. The van der Waals surface area contributed by atoms with Gasteiger partial charge >= 0.3 is 0 Å². The Morgan fingerprint density at radius 2 is 2.12 bits per heavy atom. The molecular weight excluding hydrogens is 218 g/mol. The number of rotatable bonds is 4. The maximum Gasteiger partial charge on any atom is 0.282 e. The Morgan fingerprint density at radius 3 is 2.88 bits per heavy atom. The molecule has 6 nitrogen and oxygen atoms in total. The predicted octanol–water partition coefficient (Wildman–Crippen LogP) is 0.935. The van der Waals surface area contributed by atoms with Crippen LogP contribution in [0.15, 0.2) is 17.2 Å². The number of anilines is 1. The van der Waals surface area contributed by atoms with Crippen LogP contribution in [0, 0.1) is 0 Å². The second-order valence-corrected chi connectivity index (χ2v) is 3.81. The van der Waals surface area contributed by atoms with Crippen molar-refractivity contribution in [2.75, 3.05) is 11.9 Å². The molecule has 2 aromatic rings. The van der Waals surface area contributed by atoms with E-state index >= 15 is 0 Å². The molecule has 0 saturated heterocycles. The summed E-state index contributed by atoms with van der Waals surface area (Å²) < 4.78 is 1.46. The van der Waals surface area contributed by atoms with Crippen molar-refractivity contribution in [1.29, 1.82) is 0 Å². The van der Waals surface area contributed by atoms with E-state index in [1.54, 1.807) is 7.05 Å². The standard InChI is InChI=1S/C11H15N5O/c1-3-4-5-14-11-15-9-8(10(17)16(11)2)12-6-7-13-9/h6-7H,3-5H2,1-2H3,(H,13,14,15). The van der Waals surface area contributed by atoms with E-state index in [1.807, 2.05) is 0 Å². The van der Waals surface area contributed by atoms with Gasteiger partial charge in [-0.2, -0.15) is 4.98 Å². The van der Waals surface area contributed by atoms with Gasteiger partial charge in [-0.1, -0.05) is 13.3 Å². The molecule has 2 rings (SSSR count). The molecule has 0 aliphatic rings. The third-order valence-electron chi connectivity index (χ3n) is 2.53. The molecule has 2 heterocycles. The lowest BCUT2D eigenvalue weighted by Crippen LogP contribution is -2.23. The monoisotopic (exact) mass is 233 g/mol. The molecule has 1 N–H and O–H groups in total. The van der Waals surface area contributed by atoms with Crippen LogP contribution < -0.4 is 10.9 Å². The number of fused-ring (bicyclic) bond motifs is 1. The molecule has 0 atom stereocenters. The summed E-state index contributed by atoms with van der Waals surface area (Å²) in [7, 11) is 1.68. The number of nitrogens with zero attached hydrogens (tertiary/aromatic N) is 4. The summed E-state index contributed by atoms with van der Waals surface area (Å²) in [6.45, 7) is 2.91. The minimum atomic E-state index is -0.179. The van der Waals surface area contributed by atoms with Crippen LogP contribution in [0.5, 0.6) is 0 Å². The first-order valence-corrected chi connectivity index (χ1v) is 5.65. The van der Waals surface area contributed by atoms with Gasteiger partial charge in [-0.05, 0) is 6.42 Å². The fourth-order valence-electron chi connectivity index (χ4n) is 1.53. The van der Waals surface area contributed by atoms with E-state index in [9.17, 15) is 4.79 Å². The van der Waals surface area contributed by atoms with E-state index in [0.29, 0.717) is 17.1 Å². The molecule has 0 aliphatic carbocycles. The van der Waals surface area contributed by atoms with Gasteiger partial charge in [0.05, 0.1) is 0 Å². The van der Waals surface area contributed by atoms with Gasteiger partial charge in [0.1, 0.15) is 0 Å². The van der Waals surface area contributed by atoms with Gasteiger partial charge in [-0.25, -0.2) is 9.97 Å². The highest BCUT2D eigenvalue weighted by Crippen LogP contribution is 2.05. The van der Waals surface area contributed by atoms with Crippen LogP contribution in [0.3, 0.4) is 0 Å². The van der Waals surface area contributed by atoms with Crippen LogP contribution in [-0.2, 0) is 7.05 Å². The van der Waals surface area contributed by atoms with Crippen molar-refractivity contribution in [2.24, 2.45) is 7.05 Å². The molecule has 0 saturated carbocycles. The highest BCUT2D eigenvalue weighted by atomic mass is 16.1. The summed E-state index contributed by atoms with van der Waals surface area (Å²) in [6, 6.07) is 0. The molecule has 0 fully saturated rings.